The van der Waals surface area contributed by atoms with Crippen LogP contribution in [-0.4, -0.2) is 66.7 Å². The third-order valence-corrected chi connectivity index (χ3v) is 8.21. The molecule has 0 spiro atoms. The minimum atomic E-state index is -0.299. The second-order valence-electron chi connectivity index (χ2n) is 11.7. The number of fused-ring (bicyclic) bond motifs is 2. The Labute approximate surface area is 256 Å². The number of thiophene rings is 1. The van der Waals surface area contributed by atoms with Gasteiger partial charge in [0, 0.05) is 54.4 Å². The minimum absolute atomic E-state index is 0.110. The summed E-state index contributed by atoms with van der Waals surface area (Å²) in [7, 11) is 7.67. The first-order valence-electron chi connectivity index (χ1n) is 14.1. The van der Waals surface area contributed by atoms with Crippen LogP contribution in [0, 0.1) is 0 Å². The molecule has 2 aromatic carbocycles. The maximum atomic E-state index is 12.4. The molecule has 0 saturated heterocycles. The van der Waals surface area contributed by atoms with Crippen LogP contribution in [0.1, 0.15) is 20.8 Å². The molecule has 5 aromatic rings. The van der Waals surface area contributed by atoms with E-state index in [0.717, 1.165) is 51.2 Å². The van der Waals surface area contributed by atoms with Crippen LogP contribution in [0.5, 0.6) is 5.75 Å². The van der Waals surface area contributed by atoms with Gasteiger partial charge in [-0.05, 0) is 64.5 Å². The topological polar surface area (TPSA) is 87.5 Å². The van der Waals surface area contributed by atoms with E-state index in [9.17, 15) is 4.79 Å². The van der Waals surface area contributed by atoms with Crippen LogP contribution >= 0.6 is 11.3 Å². The zero-order valence-corrected chi connectivity index (χ0v) is 26.7. The second-order valence-corrected chi connectivity index (χ2v) is 12.7. The molecule has 43 heavy (non-hydrogen) atoms. The molecule has 1 amide bonds. The summed E-state index contributed by atoms with van der Waals surface area (Å²) < 4.78 is 9.14. The number of carbonyl (C=O) groups excluding carboxylic acids is 1. The van der Waals surface area contributed by atoms with Crippen LogP contribution in [-0.2, 0) is 10.3 Å². The minimum Gasteiger partial charge on any atom is -0.494 e. The Bertz CT molecular complexity index is 1800. The van der Waals surface area contributed by atoms with E-state index < -0.39 is 0 Å². The van der Waals surface area contributed by atoms with Gasteiger partial charge in [0.05, 0.1) is 40.1 Å². The number of nitrogens with one attached hydrogen (secondary N) is 2. The van der Waals surface area contributed by atoms with Crippen molar-refractivity contribution in [3.05, 3.63) is 66.7 Å². The van der Waals surface area contributed by atoms with E-state index in [0.29, 0.717) is 23.1 Å². The average Bonchev–Trinajstić information content (AvgIpc) is 3.60. The zero-order valence-electron chi connectivity index (χ0n) is 25.9. The van der Waals surface area contributed by atoms with Gasteiger partial charge in [0.15, 0.2) is 0 Å². The van der Waals surface area contributed by atoms with Gasteiger partial charge in [-0.3, -0.25) is 4.79 Å². The molecule has 5 rings (SSSR count). The van der Waals surface area contributed by atoms with Crippen molar-refractivity contribution in [2.75, 3.05) is 56.9 Å². The summed E-state index contributed by atoms with van der Waals surface area (Å²) in [6.07, 6.45) is 3.45. The second kappa shape index (κ2) is 12.1. The summed E-state index contributed by atoms with van der Waals surface area (Å²) in [6.45, 7) is 11.8. The maximum absolute atomic E-state index is 12.4. The van der Waals surface area contributed by atoms with E-state index in [-0.39, 0.29) is 11.4 Å². The van der Waals surface area contributed by atoms with Crippen LogP contribution in [0.2, 0.25) is 0 Å². The smallest absolute Gasteiger partial charge is 0.247 e. The molecule has 0 unspecified atom stereocenters. The van der Waals surface area contributed by atoms with E-state index >= 15 is 0 Å². The number of ether oxygens (including phenoxy) is 1. The Morgan fingerprint density at radius 2 is 1.86 bits per heavy atom. The summed E-state index contributed by atoms with van der Waals surface area (Å²) in [5.41, 5.74) is 5.88. The van der Waals surface area contributed by atoms with E-state index in [4.69, 9.17) is 14.7 Å². The molecule has 0 radical (unpaired) electrons. The van der Waals surface area contributed by atoms with Gasteiger partial charge < -0.3 is 29.7 Å². The van der Waals surface area contributed by atoms with E-state index in [1.54, 1.807) is 18.4 Å². The molecule has 3 aromatic heterocycles. The van der Waals surface area contributed by atoms with Crippen molar-refractivity contribution in [3.63, 3.8) is 0 Å². The predicted molar refractivity (Wildman–Crippen MR) is 180 cm³/mol. The number of methoxy groups -OCH3 is 1. The first-order valence-corrected chi connectivity index (χ1v) is 15.0. The van der Waals surface area contributed by atoms with Gasteiger partial charge in [0.1, 0.15) is 5.75 Å². The largest absolute Gasteiger partial charge is 0.494 e. The number of nitrogens with zero attached hydrogens (tertiary/aromatic N) is 5. The molecule has 0 aliphatic carbocycles. The molecule has 9 nitrogen and oxygen atoms in total. The molecule has 0 atom stereocenters. The normalized spacial score (nSPS) is 11.7. The summed E-state index contributed by atoms with van der Waals surface area (Å²) in [6, 6.07) is 14.2. The third kappa shape index (κ3) is 6.21. The Kier molecular flexibility index (Phi) is 8.43. The quantitative estimate of drug-likeness (QED) is 0.169. The summed E-state index contributed by atoms with van der Waals surface area (Å²) in [5, 5.41) is 9.52. The van der Waals surface area contributed by atoms with Crippen molar-refractivity contribution < 1.29 is 9.53 Å². The lowest BCUT2D eigenvalue weighted by Crippen LogP contribution is -2.29. The van der Waals surface area contributed by atoms with Crippen molar-refractivity contribution in [2.45, 2.75) is 26.3 Å². The van der Waals surface area contributed by atoms with E-state index in [1.165, 1.54) is 6.08 Å². The molecule has 0 saturated carbocycles. The average molecular weight is 598 g/mol. The Morgan fingerprint density at radius 3 is 2.56 bits per heavy atom. The van der Waals surface area contributed by atoms with Crippen molar-refractivity contribution in [2.24, 2.45) is 0 Å². The standard InChI is InChI=1S/C33H39N7O2S/c1-9-29(41)34-24-18-25(28(42-8)19-27(24)39(7)16-15-38(5)6)36-32-35-23-14-17-43-31(23)30(37-32)22-20-40(33(2,3)4)26-13-11-10-12-21(22)26/h9-14,17-20H,1,15-16H2,2-8H3,(H,34,41)(H,35,36,37). The highest BCUT2D eigenvalue weighted by Gasteiger charge is 2.23. The van der Waals surface area contributed by atoms with Gasteiger partial charge in [0.25, 0.3) is 0 Å². The number of benzene rings is 2. The number of hydrogen-bond acceptors (Lipinski definition) is 8. The van der Waals surface area contributed by atoms with Crippen molar-refractivity contribution in [3.8, 4) is 17.0 Å². The molecule has 3 heterocycles. The molecule has 0 aliphatic rings. The lowest BCUT2D eigenvalue weighted by molar-refractivity contribution is -0.111. The number of aromatic nitrogens is 3. The molecular weight excluding hydrogens is 558 g/mol. The number of hydrogen-bond donors (Lipinski definition) is 2. The Balaban J connectivity index is 1.62. The van der Waals surface area contributed by atoms with E-state index in [1.807, 2.05) is 44.7 Å². The van der Waals surface area contributed by atoms with Gasteiger partial charge >= 0.3 is 0 Å². The first kappa shape index (κ1) is 30.1. The van der Waals surface area contributed by atoms with Gasteiger partial charge in [-0.2, -0.15) is 0 Å². The number of anilines is 4. The zero-order chi connectivity index (χ0) is 30.9. The fraction of sp³-hybridized carbons (Fsp3) is 0.303. The van der Waals surface area contributed by atoms with Gasteiger partial charge in [0.2, 0.25) is 11.9 Å². The lowest BCUT2D eigenvalue weighted by Gasteiger charge is -2.26. The molecule has 10 heteroatoms. The van der Waals surface area contributed by atoms with Crippen molar-refractivity contribution >= 4 is 61.4 Å². The number of carbonyl (C=O) groups is 1. The highest BCUT2D eigenvalue weighted by Crippen LogP contribution is 2.41. The van der Waals surface area contributed by atoms with Crippen molar-refractivity contribution in [1.29, 1.82) is 0 Å². The SMILES string of the molecule is C=CC(=O)Nc1cc(Nc2nc(-c3cn(C(C)(C)C)c4ccccc34)c3sccc3n2)c(OC)cc1N(C)CCN(C)C. The van der Waals surface area contributed by atoms with E-state index in [2.05, 4.69) is 82.8 Å². The summed E-state index contributed by atoms with van der Waals surface area (Å²) >= 11 is 1.63. The van der Waals surface area contributed by atoms with Crippen LogP contribution in [0.3, 0.4) is 0 Å². The molecular formula is C33H39N7O2S. The molecule has 0 aliphatic heterocycles. The lowest BCUT2D eigenvalue weighted by atomic mass is 10.1. The third-order valence-electron chi connectivity index (χ3n) is 7.29. The van der Waals surface area contributed by atoms with Crippen LogP contribution in [0.25, 0.3) is 32.4 Å². The van der Waals surface area contributed by atoms with Crippen LogP contribution in [0.4, 0.5) is 23.0 Å². The molecule has 2 N–H and O–H groups in total. The maximum Gasteiger partial charge on any atom is 0.247 e. The highest BCUT2D eigenvalue weighted by molar-refractivity contribution is 7.17. The molecule has 224 valence electrons. The van der Waals surface area contributed by atoms with Gasteiger partial charge in [-0.15, -0.1) is 11.3 Å². The fourth-order valence-electron chi connectivity index (χ4n) is 5.05. The highest BCUT2D eigenvalue weighted by atomic mass is 32.1. The monoisotopic (exact) mass is 597 g/mol. The summed E-state index contributed by atoms with van der Waals surface area (Å²) in [4.78, 5) is 26.5. The van der Waals surface area contributed by atoms with Crippen molar-refractivity contribution in [1.82, 2.24) is 19.4 Å². The number of rotatable bonds is 10. The Morgan fingerprint density at radius 1 is 1.09 bits per heavy atom. The Hall–Kier alpha value is -4.41. The predicted octanol–water partition coefficient (Wildman–Crippen LogP) is 6.94. The van der Waals surface area contributed by atoms with Gasteiger partial charge in [-0.1, -0.05) is 24.8 Å². The number of amides is 1. The van der Waals surface area contributed by atoms with Crippen LogP contribution in [0.15, 0.2) is 66.7 Å². The fourth-order valence-corrected chi connectivity index (χ4v) is 5.89. The van der Waals surface area contributed by atoms with Crippen LogP contribution < -0.4 is 20.3 Å². The number of likely N-dealkylation sites (N-methyl/N-ethyl adjacent to an activating group) is 2. The number of para-hydroxylation sites is 1. The molecule has 0 fully saturated rings. The molecule has 0 bridgehead atoms. The summed E-state index contributed by atoms with van der Waals surface area (Å²) in [5.74, 6) is 0.733. The van der Waals surface area contributed by atoms with Gasteiger partial charge in [-0.25, -0.2) is 9.97 Å². The first-order chi connectivity index (χ1) is 20.5.